The number of carbonyl (C=O) groups is 2. The fraction of sp³-hybridized carbons (Fsp3) is 0.120. The van der Waals surface area contributed by atoms with E-state index in [1.165, 1.54) is 0 Å². The summed E-state index contributed by atoms with van der Waals surface area (Å²) in [6.45, 7) is 1.93. The molecule has 156 valence electrons. The lowest BCUT2D eigenvalue weighted by atomic mass is 10.1. The number of hydrogen-bond donors (Lipinski definition) is 2. The minimum Gasteiger partial charge on any atom is -0.481 e. The summed E-state index contributed by atoms with van der Waals surface area (Å²) in [5.41, 5.74) is 0.777. The first-order valence-electron chi connectivity index (χ1n) is 9.96. The molecular weight excluding hydrogens is 392 g/mol. The van der Waals surface area contributed by atoms with Crippen LogP contribution in [-0.4, -0.2) is 17.9 Å². The molecule has 3 aromatic carbocycles. The van der Waals surface area contributed by atoms with Crippen molar-refractivity contribution in [3.8, 4) is 5.75 Å². The van der Waals surface area contributed by atoms with Crippen molar-refractivity contribution < 1.29 is 18.7 Å². The van der Waals surface area contributed by atoms with Gasteiger partial charge in [-0.05, 0) is 54.1 Å². The molecule has 6 nitrogen and oxygen atoms in total. The van der Waals surface area contributed by atoms with Crippen LogP contribution in [0.1, 0.15) is 23.0 Å². The molecule has 0 aliphatic heterocycles. The Hall–Kier alpha value is -4.06. The van der Waals surface area contributed by atoms with E-state index in [4.69, 9.17) is 9.15 Å². The van der Waals surface area contributed by atoms with Crippen LogP contribution in [0.15, 0.2) is 89.5 Å². The summed E-state index contributed by atoms with van der Waals surface area (Å²) in [6, 6.07) is 24.0. The summed E-state index contributed by atoms with van der Waals surface area (Å²) in [5.74, 6) is 0.591. The molecule has 0 fully saturated rings. The van der Waals surface area contributed by atoms with Gasteiger partial charge < -0.3 is 19.8 Å². The molecular formula is C25H22N2O4. The molecule has 0 bridgehead atoms. The van der Waals surface area contributed by atoms with Crippen molar-refractivity contribution in [2.24, 2.45) is 0 Å². The van der Waals surface area contributed by atoms with Crippen LogP contribution in [0.3, 0.4) is 0 Å². The molecule has 31 heavy (non-hydrogen) atoms. The predicted octanol–water partition coefficient (Wildman–Crippen LogP) is 4.77. The Labute approximate surface area is 179 Å². The zero-order chi connectivity index (χ0) is 21.6. The summed E-state index contributed by atoms with van der Waals surface area (Å²) in [4.78, 5) is 25.3. The zero-order valence-corrected chi connectivity index (χ0v) is 17.0. The Kier molecular flexibility index (Phi) is 5.98. The molecule has 0 spiro atoms. The van der Waals surface area contributed by atoms with Crippen molar-refractivity contribution in [1.82, 2.24) is 5.32 Å². The van der Waals surface area contributed by atoms with E-state index in [2.05, 4.69) is 10.6 Å². The molecule has 6 heteroatoms. The Bertz CT molecular complexity index is 1200. The number of rotatable bonds is 7. The lowest BCUT2D eigenvalue weighted by Crippen LogP contribution is -2.31. The molecule has 4 rings (SSSR count). The van der Waals surface area contributed by atoms with E-state index in [1.54, 1.807) is 49.6 Å². The van der Waals surface area contributed by atoms with E-state index in [0.29, 0.717) is 22.8 Å². The van der Waals surface area contributed by atoms with Gasteiger partial charge in [-0.3, -0.25) is 9.59 Å². The second-order valence-corrected chi connectivity index (χ2v) is 7.07. The van der Waals surface area contributed by atoms with Gasteiger partial charge in [0.25, 0.3) is 11.8 Å². The van der Waals surface area contributed by atoms with Crippen LogP contribution < -0.4 is 15.4 Å². The van der Waals surface area contributed by atoms with Crippen LogP contribution in [0.25, 0.3) is 10.8 Å². The van der Waals surface area contributed by atoms with Gasteiger partial charge >= 0.3 is 0 Å². The molecule has 2 N–H and O–H groups in total. The normalized spacial score (nSPS) is 11.6. The number of para-hydroxylation sites is 1. The fourth-order valence-corrected chi connectivity index (χ4v) is 3.20. The van der Waals surface area contributed by atoms with Gasteiger partial charge in [-0.15, -0.1) is 0 Å². The number of amides is 2. The van der Waals surface area contributed by atoms with Crippen molar-refractivity contribution in [2.45, 2.75) is 19.6 Å². The van der Waals surface area contributed by atoms with Gasteiger partial charge in [0.2, 0.25) is 0 Å². The van der Waals surface area contributed by atoms with Gasteiger partial charge in [-0.1, -0.05) is 42.5 Å². The topological polar surface area (TPSA) is 80.6 Å². The Morgan fingerprint density at radius 3 is 2.52 bits per heavy atom. The van der Waals surface area contributed by atoms with E-state index >= 15 is 0 Å². The van der Waals surface area contributed by atoms with Gasteiger partial charge in [-0.2, -0.15) is 0 Å². The number of carbonyl (C=O) groups excluding carboxylic acids is 2. The van der Waals surface area contributed by atoms with Crippen LogP contribution in [0.5, 0.6) is 5.75 Å². The molecule has 2 amide bonds. The van der Waals surface area contributed by atoms with E-state index in [0.717, 1.165) is 10.8 Å². The van der Waals surface area contributed by atoms with E-state index in [-0.39, 0.29) is 18.4 Å². The minimum absolute atomic E-state index is 0.260. The molecule has 0 aliphatic carbocycles. The predicted molar refractivity (Wildman–Crippen MR) is 119 cm³/mol. The summed E-state index contributed by atoms with van der Waals surface area (Å²) >= 11 is 0. The van der Waals surface area contributed by atoms with Crippen LogP contribution in [0.4, 0.5) is 5.69 Å². The standard InChI is InChI=1S/C25H22N2O4/c1-17(31-20-13-12-18-7-2-3-8-19(18)15-20)24(28)27-23-11-5-4-10-22(23)25(29)26-16-21-9-6-14-30-21/h2-15,17H,16H2,1H3,(H,26,29)(H,27,28)/t17-/m1/s1. The second-order valence-electron chi connectivity index (χ2n) is 7.07. The first-order valence-corrected chi connectivity index (χ1v) is 9.96. The molecule has 0 radical (unpaired) electrons. The fourth-order valence-electron chi connectivity index (χ4n) is 3.20. The van der Waals surface area contributed by atoms with Crippen LogP contribution in [-0.2, 0) is 11.3 Å². The van der Waals surface area contributed by atoms with E-state index in [9.17, 15) is 9.59 Å². The zero-order valence-electron chi connectivity index (χ0n) is 17.0. The number of benzene rings is 3. The first-order chi connectivity index (χ1) is 15.1. The first kappa shape index (κ1) is 20.2. The molecule has 4 aromatic rings. The average Bonchev–Trinajstić information content (AvgIpc) is 3.31. The largest absolute Gasteiger partial charge is 0.481 e. The molecule has 1 aromatic heterocycles. The van der Waals surface area contributed by atoms with E-state index < -0.39 is 6.10 Å². The number of nitrogens with one attached hydrogen (secondary N) is 2. The average molecular weight is 414 g/mol. The van der Waals surface area contributed by atoms with E-state index in [1.807, 2.05) is 42.5 Å². The Morgan fingerprint density at radius 2 is 1.71 bits per heavy atom. The molecule has 0 saturated heterocycles. The minimum atomic E-state index is -0.750. The third-order valence-electron chi connectivity index (χ3n) is 4.84. The molecule has 1 atom stereocenters. The van der Waals surface area contributed by atoms with Gasteiger partial charge in [0.05, 0.1) is 24.1 Å². The highest BCUT2D eigenvalue weighted by Gasteiger charge is 2.18. The molecule has 1 heterocycles. The maximum Gasteiger partial charge on any atom is 0.265 e. The highest BCUT2D eigenvalue weighted by molar-refractivity contribution is 6.04. The van der Waals surface area contributed by atoms with Crippen molar-refractivity contribution >= 4 is 28.3 Å². The van der Waals surface area contributed by atoms with Crippen molar-refractivity contribution in [1.29, 1.82) is 0 Å². The van der Waals surface area contributed by atoms with Gasteiger partial charge in [0.15, 0.2) is 6.10 Å². The van der Waals surface area contributed by atoms with Crippen molar-refractivity contribution in [2.75, 3.05) is 5.32 Å². The van der Waals surface area contributed by atoms with Crippen LogP contribution in [0.2, 0.25) is 0 Å². The second kappa shape index (κ2) is 9.17. The maximum absolute atomic E-state index is 12.7. The number of ether oxygens (including phenoxy) is 1. The maximum atomic E-state index is 12.7. The third kappa shape index (κ3) is 4.93. The summed E-state index contributed by atoms with van der Waals surface area (Å²) < 4.78 is 11.1. The Morgan fingerprint density at radius 1 is 0.935 bits per heavy atom. The van der Waals surface area contributed by atoms with Crippen LogP contribution in [0, 0.1) is 0 Å². The van der Waals surface area contributed by atoms with Gasteiger partial charge in [0.1, 0.15) is 11.5 Å². The third-order valence-corrected chi connectivity index (χ3v) is 4.84. The SMILES string of the molecule is C[C@@H](Oc1ccc2ccccc2c1)C(=O)Nc1ccccc1C(=O)NCc1ccco1. The lowest BCUT2D eigenvalue weighted by Gasteiger charge is -2.17. The smallest absolute Gasteiger partial charge is 0.265 e. The quantitative estimate of drug-likeness (QED) is 0.457. The van der Waals surface area contributed by atoms with Crippen molar-refractivity contribution in [3.63, 3.8) is 0 Å². The number of hydrogen-bond acceptors (Lipinski definition) is 4. The number of anilines is 1. The summed E-state index contributed by atoms with van der Waals surface area (Å²) in [7, 11) is 0. The lowest BCUT2D eigenvalue weighted by molar-refractivity contribution is -0.122. The van der Waals surface area contributed by atoms with Gasteiger partial charge in [0, 0.05) is 0 Å². The monoisotopic (exact) mass is 414 g/mol. The molecule has 0 saturated carbocycles. The van der Waals surface area contributed by atoms with Crippen molar-refractivity contribution in [3.05, 3.63) is 96.4 Å². The molecule has 0 unspecified atom stereocenters. The van der Waals surface area contributed by atoms with Crippen LogP contribution >= 0.6 is 0 Å². The van der Waals surface area contributed by atoms with Gasteiger partial charge in [-0.25, -0.2) is 0 Å². The highest BCUT2D eigenvalue weighted by Crippen LogP contribution is 2.22. The summed E-state index contributed by atoms with van der Waals surface area (Å²) in [6.07, 6.45) is 0.799. The number of fused-ring (bicyclic) bond motifs is 1. The number of furan rings is 1. The highest BCUT2D eigenvalue weighted by atomic mass is 16.5. The molecule has 0 aliphatic rings. The summed E-state index contributed by atoms with van der Waals surface area (Å²) in [5, 5.41) is 7.71. The Balaban J connectivity index is 1.42.